The van der Waals surface area contributed by atoms with Crippen LogP contribution in [0.5, 0.6) is 0 Å². The molecule has 8 heteroatoms. The van der Waals surface area contributed by atoms with Gasteiger partial charge in [-0.25, -0.2) is 13.2 Å². The van der Waals surface area contributed by atoms with Gasteiger partial charge in [0, 0.05) is 19.1 Å². The molecule has 0 saturated carbocycles. The Kier molecular flexibility index (Phi) is 8.41. The van der Waals surface area contributed by atoms with E-state index in [0.29, 0.717) is 13.1 Å². The smallest absolute Gasteiger partial charge is 0.338 e. The zero-order chi connectivity index (χ0) is 23.0. The molecule has 172 valence electrons. The highest BCUT2D eigenvalue weighted by atomic mass is 32.2. The van der Waals surface area contributed by atoms with Crippen LogP contribution in [0.25, 0.3) is 0 Å². The molecule has 2 aromatic carbocycles. The van der Waals surface area contributed by atoms with Crippen molar-refractivity contribution in [1.82, 2.24) is 9.62 Å². The fraction of sp³-hybridized carbons (Fsp3) is 0.417. The highest BCUT2D eigenvalue weighted by Gasteiger charge is 2.26. The normalized spacial score (nSPS) is 15.7. The molecule has 32 heavy (non-hydrogen) atoms. The second-order valence-electron chi connectivity index (χ2n) is 8.06. The number of carbonyl (C=O) groups is 2. The fourth-order valence-corrected chi connectivity index (χ4v) is 5.17. The van der Waals surface area contributed by atoms with Gasteiger partial charge in [0.15, 0.2) is 6.61 Å². The maximum Gasteiger partial charge on any atom is 0.338 e. The predicted molar refractivity (Wildman–Crippen MR) is 122 cm³/mol. The Morgan fingerprint density at radius 2 is 1.66 bits per heavy atom. The largest absolute Gasteiger partial charge is 0.452 e. The summed E-state index contributed by atoms with van der Waals surface area (Å²) in [4.78, 5) is 24.5. The van der Waals surface area contributed by atoms with Crippen molar-refractivity contribution in [2.24, 2.45) is 0 Å². The Labute approximate surface area is 189 Å². The number of hydrogen-bond acceptors (Lipinski definition) is 5. The molecule has 7 nitrogen and oxygen atoms in total. The zero-order valence-electron chi connectivity index (χ0n) is 18.3. The Hall–Kier alpha value is -2.71. The molecule has 0 spiro atoms. The number of carbonyl (C=O) groups excluding carboxylic acids is 2. The van der Waals surface area contributed by atoms with Crippen molar-refractivity contribution >= 4 is 21.9 Å². The number of sulfonamides is 1. The van der Waals surface area contributed by atoms with Gasteiger partial charge < -0.3 is 10.1 Å². The first kappa shape index (κ1) is 23.9. The van der Waals surface area contributed by atoms with Gasteiger partial charge in [-0.15, -0.1) is 0 Å². The van der Waals surface area contributed by atoms with Gasteiger partial charge in [-0.2, -0.15) is 4.31 Å². The number of amides is 1. The van der Waals surface area contributed by atoms with Crippen LogP contribution in [0.3, 0.4) is 0 Å². The molecule has 3 rings (SSSR count). The Morgan fingerprint density at radius 3 is 2.31 bits per heavy atom. The molecule has 1 saturated heterocycles. The van der Waals surface area contributed by atoms with E-state index < -0.39 is 16.0 Å². The third kappa shape index (κ3) is 6.64. The summed E-state index contributed by atoms with van der Waals surface area (Å²) >= 11 is 0. The lowest BCUT2D eigenvalue weighted by molar-refractivity contribution is -0.124. The molecule has 0 aromatic heterocycles. The van der Waals surface area contributed by atoms with E-state index in [4.69, 9.17) is 4.74 Å². The standard InChI is InChI=1S/C24H30N2O5S/c1-19(10-11-20-8-4-2-5-9-20)25-23(27)18-31-24(28)21-12-14-22(15-13-21)32(29,30)26-16-6-3-7-17-26/h2,4-5,8-9,12-15,19H,3,6-7,10-11,16-18H2,1H3,(H,25,27)/t19-/m0/s1. The predicted octanol–water partition coefficient (Wildman–Crippen LogP) is 3.16. The Morgan fingerprint density at radius 1 is 1.00 bits per heavy atom. The summed E-state index contributed by atoms with van der Waals surface area (Å²) in [6.07, 6.45) is 4.37. The van der Waals surface area contributed by atoms with Gasteiger partial charge in [0.1, 0.15) is 0 Å². The van der Waals surface area contributed by atoms with E-state index in [-0.39, 0.29) is 29.0 Å². The van der Waals surface area contributed by atoms with Crippen molar-refractivity contribution in [3.05, 3.63) is 65.7 Å². The number of rotatable bonds is 9. The minimum Gasteiger partial charge on any atom is -0.452 e. The van der Waals surface area contributed by atoms with Crippen LogP contribution in [0.4, 0.5) is 0 Å². The lowest BCUT2D eigenvalue weighted by Crippen LogP contribution is -2.36. The van der Waals surface area contributed by atoms with E-state index in [0.717, 1.165) is 32.1 Å². The van der Waals surface area contributed by atoms with Gasteiger partial charge in [-0.05, 0) is 62.4 Å². The first-order chi connectivity index (χ1) is 15.4. The molecule has 1 aliphatic heterocycles. The van der Waals surface area contributed by atoms with Crippen molar-refractivity contribution in [2.75, 3.05) is 19.7 Å². The van der Waals surface area contributed by atoms with Crippen molar-refractivity contribution < 1.29 is 22.7 Å². The van der Waals surface area contributed by atoms with Gasteiger partial charge in [0.05, 0.1) is 10.5 Å². The van der Waals surface area contributed by atoms with Crippen LogP contribution < -0.4 is 5.32 Å². The second-order valence-corrected chi connectivity index (χ2v) is 10.00. The van der Waals surface area contributed by atoms with Gasteiger partial charge in [0.2, 0.25) is 10.0 Å². The van der Waals surface area contributed by atoms with Crippen molar-refractivity contribution in [1.29, 1.82) is 0 Å². The molecule has 0 aliphatic carbocycles. The zero-order valence-corrected chi connectivity index (χ0v) is 19.1. The third-order valence-electron chi connectivity index (χ3n) is 5.49. The quantitative estimate of drug-likeness (QED) is 0.583. The molecular weight excluding hydrogens is 428 g/mol. The third-order valence-corrected chi connectivity index (χ3v) is 7.41. The van der Waals surface area contributed by atoms with E-state index in [1.54, 1.807) is 0 Å². The van der Waals surface area contributed by atoms with Gasteiger partial charge in [-0.3, -0.25) is 4.79 Å². The van der Waals surface area contributed by atoms with Crippen molar-refractivity contribution in [3.63, 3.8) is 0 Å². The SMILES string of the molecule is C[C@@H](CCc1ccccc1)NC(=O)COC(=O)c1ccc(S(=O)(=O)N2CCCCC2)cc1. The summed E-state index contributed by atoms with van der Waals surface area (Å²) in [5, 5.41) is 2.82. The van der Waals surface area contributed by atoms with Crippen LogP contribution in [0.1, 0.15) is 48.5 Å². The molecule has 1 amide bonds. The maximum absolute atomic E-state index is 12.7. The molecule has 2 aromatic rings. The molecule has 1 aliphatic rings. The lowest BCUT2D eigenvalue weighted by atomic mass is 10.1. The summed E-state index contributed by atoms with van der Waals surface area (Å²) in [5.74, 6) is -1.04. The summed E-state index contributed by atoms with van der Waals surface area (Å²) in [7, 11) is -3.55. The van der Waals surface area contributed by atoms with E-state index in [1.165, 1.54) is 34.1 Å². The lowest BCUT2D eigenvalue weighted by Gasteiger charge is -2.25. The number of nitrogens with one attached hydrogen (secondary N) is 1. The average Bonchev–Trinajstić information content (AvgIpc) is 2.82. The van der Waals surface area contributed by atoms with Crippen molar-refractivity contribution in [2.45, 2.75) is 50.0 Å². The molecular formula is C24H30N2O5S. The summed E-state index contributed by atoms with van der Waals surface area (Å²) in [6.45, 7) is 2.56. The van der Waals surface area contributed by atoms with Crippen LogP contribution in [-0.4, -0.2) is 50.3 Å². The van der Waals surface area contributed by atoms with Gasteiger partial charge in [0.25, 0.3) is 5.91 Å². The average molecular weight is 459 g/mol. The number of ether oxygens (including phenoxy) is 1. The highest BCUT2D eigenvalue weighted by Crippen LogP contribution is 2.21. The van der Waals surface area contributed by atoms with Crippen LogP contribution in [0, 0.1) is 0 Å². The first-order valence-electron chi connectivity index (χ1n) is 11.0. The Bertz CT molecular complexity index is 1000. The number of benzene rings is 2. The topological polar surface area (TPSA) is 92.8 Å². The molecule has 1 N–H and O–H groups in total. The van der Waals surface area contributed by atoms with E-state index >= 15 is 0 Å². The van der Waals surface area contributed by atoms with Gasteiger partial charge in [-0.1, -0.05) is 36.8 Å². The van der Waals surface area contributed by atoms with Crippen LogP contribution in [-0.2, 0) is 26.0 Å². The second kappa shape index (κ2) is 11.2. The van der Waals surface area contributed by atoms with Crippen LogP contribution in [0.2, 0.25) is 0 Å². The number of piperidine rings is 1. The number of hydrogen-bond donors (Lipinski definition) is 1. The monoisotopic (exact) mass is 458 g/mol. The number of nitrogens with zero attached hydrogens (tertiary/aromatic N) is 1. The number of esters is 1. The Balaban J connectivity index is 1.45. The summed E-state index contributed by atoms with van der Waals surface area (Å²) in [5.41, 5.74) is 1.40. The van der Waals surface area contributed by atoms with E-state index in [1.807, 2.05) is 37.3 Å². The summed E-state index contributed by atoms with van der Waals surface area (Å²) in [6, 6.07) is 15.6. The molecule has 1 fully saturated rings. The maximum atomic E-state index is 12.7. The summed E-state index contributed by atoms with van der Waals surface area (Å²) < 4.78 is 31.9. The van der Waals surface area contributed by atoms with E-state index in [9.17, 15) is 18.0 Å². The first-order valence-corrected chi connectivity index (χ1v) is 12.4. The molecule has 1 heterocycles. The minimum atomic E-state index is -3.55. The molecule has 0 unspecified atom stereocenters. The van der Waals surface area contributed by atoms with Crippen LogP contribution in [0.15, 0.2) is 59.5 Å². The molecule has 1 atom stereocenters. The molecule has 0 bridgehead atoms. The fourth-order valence-electron chi connectivity index (χ4n) is 3.65. The molecule has 0 radical (unpaired) electrons. The minimum absolute atomic E-state index is 0.0549. The van der Waals surface area contributed by atoms with E-state index in [2.05, 4.69) is 5.32 Å². The number of aryl methyl sites for hydroxylation is 1. The highest BCUT2D eigenvalue weighted by molar-refractivity contribution is 7.89. The van der Waals surface area contributed by atoms with Crippen molar-refractivity contribution in [3.8, 4) is 0 Å². The van der Waals surface area contributed by atoms with Crippen LogP contribution >= 0.6 is 0 Å². The van der Waals surface area contributed by atoms with Gasteiger partial charge >= 0.3 is 5.97 Å².